The topological polar surface area (TPSA) is 63.0 Å². The van der Waals surface area contributed by atoms with Crippen molar-refractivity contribution >= 4 is 50.8 Å². The van der Waals surface area contributed by atoms with E-state index in [1.807, 2.05) is 47.9 Å². The van der Waals surface area contributed by atoms with E-state index < -0.39 is 5.92 Å². The predicted molar refractivity (Wildman–Crippen MR) is 104 cm³/mol. The fourth-order valence-corrected chi connectivity index (χ4v) is 4.71. The summed E-state index contributed by atoms with van der Waals surface area (Å²) < 4.78 is 5.50. The van der Waals surface area contributed by atoms with Crippen molar-refractivity contribution in [3.05, 3.63) is 63.5 Å². The average molecular weight is 366 g/mol. The average Bonchev–Trinajstić information content (AvgIpc) is 3.23. The standard InChI is InChI=1S/C19H14N2O2S2/c1-23-14-7-6-11-4-2-3-5-12(11)13(14)10-15-17(22)16(18(20)25-15)19-21-8-9-24-19/h2-10,16,20H,1H3. The van der Waals surface area contributed by atoms with Crippen LogP contribution in [-0.2, 0) is 4.79 Å². The number of hydrogen-bond donors (Lipinski definition) is 1. The molecule has 0 radical (unpaired) electrons. The molecule has 124 valence electrons. The van der Waals surface area contributed by atoms with Crippen LogP contribution in [-0.4, -0.2) is 22.9 Å². The van der Waals surface area contributed by atoms with Gasteiger partial charge in [0.15, 0.2) is 5.78 Å². The minimum Gasteiger partial charge on any atom is -0.496 e. The van der Waals surface area contributed by atoms with E-state index in [9.17, 15) is 4.79 Å². The molecule has 0 amide bonds. The maximum atomic E-state index is 12.9. The van der Waals surface area contributed by atoms with E-state index in [4.69, 9.17) is 10.1 Å². The molecule has 25 heavy (non-hydrogen) atoms. The zero-order valence-electron chi connectivity index (χ0n) is 13.4. The number of thioether (sulfide) groups is 1. The molecular formula is C19H14N2O2S2. The van der Waals surface area contributed by atoms with Crippen LogP contribution >= 0.6 is 23.1 Å². The van der Waals surface area contributed by atoms with Gasteiger partial charge in [-0.25, -0.2) is 4.98 Å². The van der Waals surface area contributed by atoms with Gasteiger partial charge in [-0.2, -0.15) is 0 Å². The van der Waals surface area contributed by atoms with Gasteiger partial charge in [0, 0.05) is 17.1 Å². The number of carbonyl (C=O) groups is 1. The molecule has 4 rings (SSSR count). The molecule has 1 atom stereocenters. The molecule has 1 saturated heterocycles. The summed E-state index contributed by atoms with van der Waals surface area (Å²) in [6.07, 6.45) is 3.51. The second-order valence-electron chi connectivity index (χ2n) is 5.55. The Hall–Kier alpha value is -2.44. The first-order chi connectivity index (χ1) is 12.2. The summed E-state index contributed by atoms with van der Waals surface area (Å²) in [6.45, 7) is 0. The second-order valence-corrected chi connectivity index (χ2v) is 7.56. The lowest BCUT2D eigenvalue weighted by Gasteiger charge is -2.09. The third-order valence-electron chi connectivity index (χ3n) is 4.11. The molecule has 0 saturated carbocycles. The Kier molecular flexibility index (Phi) is 4.15. The summed E-state index contributed by atoms with van der Waals surface area (Å²) in [5, 5.41) is 13.1. The van der Waals surface area contributed by atoms with Crippen molar-refractivity contribution in [2.24, 2.45) is 0 Å². The molecule has 0 bridgehead atoms. The van der Waals surface area contributed by atoms with Crippen molar-refractivity contribution in [2.45, 2.75) is 5.92 Å². The summed E-state index contributed by atoms with van der Waals surface area (Å²) in [7, 11) is 1.62. The number of thiazole rings is 1. The van der Waals surface area contributed by atoms with Crippen molar-refractivity contribution < 1.29 is 9.53 Å². The van der Waals surface area contributed by atoms with Gasteiger partial charge in [0.25, 0.3) is 0 Å². The van der Waals surface area contributed by atoms with Gasteiger partial charge in [-0.05, 0) is 22.9 Å². The third-order valence-corrected chi connectivity index (χ3v) is 5.95. The van der Waals surface area contributed by atoms with Gasteiger partial charge in [-0.3, -0.25) is 10.2 Å². The number of ether oxygens (including phenoxy) is 1. The van der Waals surface area contributed by atoms with E-state index in [2.05, 4.69) is 4.98 Å². The quantitative estimate of drug-likeness (QED) is 0.681. The van der Waals surface area contributed by atoms with E-state index >= 15 is 0 Å². The molecule has 3 aromatic rings. The summed E-state index contributed by atoms with van der Waals surface area (Å²) >= 11 is 2.62. The molecule has 0 spiro atoms. The summed E-state index contributed by atoms with van der Waals surface area (Å²) in [6, 6.07) is 11.9. The highest BCUT2D eigenvalue weighted by molar-refractivity contribution is 8.19. The fourth-order valence-electron chi connectivity index (χ4n) is 2.92. The molecule has 1 aromatic heterocycles. The zero-order valence-corrected chi connectivity index (χ0v) is 15.0. The molecule has 4 nitrogen and oxygen atoms in total. The molecule has 1 fully saturated rings. The Morgan fingerprint density at radius 1 is 1.24 bits per heavy atom. The van der Waals surface area contributed by atoms with Crippen molar-refractivity contribution in [1.82, 2.24) is 4.98 Å². The van der Waals surface area contributed by atoms with E-state index in [0.717, 1.165) is 16.3 Å². The van der Waals surface area contributed by atoms with Crippen LogP contribution in [0.25, 0.3) is 16.8 Å². The molecular weight excluding hydrogens is 352 g/mol. The van der Waals surface area contributed by atoms with Gasteiger partial charge in [0.1, 0.15) is 16.7 Å². The number of fused-ring (bicyclic) bond motifs is 1. The van der Waals surface area contributed by atoms with Crippen LogP contribution in [0.15, 0.2) is 52.9 Å². The Morgan fingerprint density at radius 3 is 2.84 bits per heavy atom. The minimum absolute atomic E-state index is 0.0695. The lowest BCUT2D eigenvalue weighted by atomic mass is 10.0. The largest absolute Gasteiger partial charge is 0.496 e. The number of nitrogens with zero attached hydrogens (tertiary/aromatic N) is 1. The highest BCUT2D eigenvalue weighted by atomic mass is 32.2. The van der Waals surface area contributed by atoms with Gasteiger partial charge in [-0.15, -0.1) is 11.3 Å². The first kappa shape index (κ1) is 16.1. The van der Waals surface area contributed by atoms with Crippen molar-refractivity contribution in [2.75, 3.05) is 7.11 Å². The Labute approximate surface area is 153 Å². The predicted octanol–water partition coefficient (Wildman–Crippen LogP) is 4.72. The lowest BCUT2D eigenvalue weighted by Crippen LogP contribution is -2.11. The number of rotatable bonds is 3. The van der Waals surface area contributed by atoms with Gasteiger partial charge in [-0.1, -0.05) is 42.1 Å². The Bertz CT molecular complexity index is 1010. The van der Waals surface area contributed by atoms with Crippen LogP contribution in [0, 0.1) is 5.41 Å². The van der Waals surface area contributed by atoms with E-state index in [1.165, 1.54) is 23.1 Å². The minimum atomic E-state index is -0.572. The van der Waals surface area contributed by atoms with Gasteiger partial charge in [0.2, 0.25) is 0 Å². The summed E-state index contributed by atoms with van der Waals surface area (Å²) in [5.41, 5.74) is 0.865. The molecule has 2 heterocycles. The number of Topliss-reactive ketones (excluding diaryl/α,β-unsaturated/α-hetero) is 1. The number of aromatic nitrogens is 1. The molecule has 2 aromatic carbocycles. The van der Waals surface area contributed by atoms with E-state index in [0.29, 0.717) is 20.7 Å². The molecule has 0 aliphatic carbocycles. The van der Waals surface area contributed by atoms with E-state index in [1.54, 1.807) is 13.3 Å². The second kappa shape index (κ2) is 6.46. The molecule has 1 aliphatic rings. The van der Waals surface area contributed by atoms with Crippen molar-refractivity contribution in [1.29, 1.82) is 5.41 Å². The monoisotopic (exact) mass is 366 g/mol. The molecule has 1 unspecified atom stereocenters. The smallest absolute Gasteiger partial charge is 0.186 e. The number of carbonyl (C=O) groups excluding carboxylic acids is 1. The van der Waals surface area contributed by atoms with E-state index in [-0.39, 0.29) is 5.78 Å². The van der Waals surface area contributed by atoms with Crippen LogP contribution in [0.4, 0.5) is 0 Å². The normalized spacial score (nSPS) is 19.1. The maximum absolute atomic E-state index is 12.9. The lowest BCUT2D eigenvalue weighted by molar-refractivity contribution is -0.114. The molecule has 6 heteroatoms. The van der Waals surface area contributed by atoms with Gasteiger partial charge >= 0.3 is 0 Å². The highest BCUT2D eigenvalue weighted by Crippen LogP contribution is 2.42. The zero-order chi connectivity index (χ0) is 17.4. The Morgan fingerprint density at radius 2 is 2.08 bits per heavy atom. The van der Waals surface area contributed by atoms with Crippen LogP contribution in [0.1, 0.15) is 16.5 Å². The number of hydrogen-bond acceptors (Lipinski definition) is 6. The first-order valence-corrected chi connectivity index (χ1v) is 9.36. The molecule has 1 aliphatic heterocycles. The summed E-state index contributed by atoms with van der Waals surface area (Å²) in [5.74, 6) is 0.0704. The van der Waals surface area contributed by atoms with Crippen LogP contribution in [0.3, 0.4) is 0 Å². The van der Waals surface area contributed by atoms with Gasteiger partial charge < -0.3 is 4.74 Å². The molecule has 1 N–H and O–H groups in total. The SMILES string of the molecule is COc1ccc2ccccc2c1C=C1SC(=N)C(c2nccs2)C1=O. The number of ketones is 1. The third kappa shape index (κ3) is 2.77. The maximum Gasteiger partial charge on any atom is 0.186 e. The first-order valence-electron chi connectivity index (χ1n) is 7.66. The van der Waals surface area contributed by atoms with Crippen molar-refractivity contribution in [3.8, 4) is 5.75 Å². The number of methoxy groups -OCH3 is 1. The van der Waals surface area contributed by atoms with Crippen LogP contribution < -0.4 is 4.74 Å². The van der Waals surface area contributed by atoms with Crippen molar-refractivity contribution in [3.63, 3.8) is 0 Å². The highest BCUT2D eigenvalue weighted by Gasteiger charge is 2.38. The number of allylic oxidation sites excluding steroid dienone is 1. The van der Waals surface area contributed by atoms with Gasteiger partial charge in [0.05, 0.1) is 17.1 Å². The van der Waals surface area contributed by atoms with Crippen LogP contribution in [0.5, 0.6) is 5.75 Å². The fraction of sp³-hybridized carbons (Fsp3) is 0.105. The number of benzene rings is 2. The Balaban J connectivity index is 1.83. The van der Waals surface area contributed by atoms with Crippen LogP contribution in [0.2, 0.25) is 0 Å². The summed E-state index contributed by atoms with van der Waals surface area (Å²) in [4.78, 5) is 17.6. The number of nitrogens with one attached hydrogen (secondary N) is 1.